The Morgan fingerprint density at radius 1 is 1.43 bits per heavy atom. The normalized spacial score (nSPS) is 14.3. The van der Waals surface area contributed by atoms with Gasteiger partial charge in [-0.3, -0.25) is 10.1 Å². The molecule has 0 aromatic carbocycles. The monoisotopic (exact) mass is 342 g/mol. The number of carbonyl (C=O) groups excluding carboxylic acids is 1. The van der Waals surface area contributed by atoms with Crippen LogP contribution in [-0.4, -0.2) is 42.4 Å². The van der Waals surface area contributed by atoms with E-state index in [1.807, 2.05) is 4.57 Å². The maximum Gasteiger partial charge on any atom is 0.236 e. The van der Waals surface area contributed by atoms with E-state index in [9.17, 15) is 4.79 Å². The Labute approximate surface area is 134 Å². The molecule has 1 N–H and O–H groups in total. The molecule has 2 heterocycles. The van der Waals surface area contributed by atoms with Crippen LogP contribution in [0.25, 0.3) is 0 Å². The molecule has 0 radical (unpaired) electrons. The van der Waals surface area contributed by atoms with Gasteiger partial charge in [0.2, 0.25) is 11.0 Å². The molecule has 0 saturated heterocycles. The van der Waals surface area contributed by atoms with Crippen LogP contribution < -0.4 is 5.32 Å². The number of anilines is 1. The molecular weight excluding hydrogens is 328 g/mol. The summed E-state index contributed by atoms with van der Waals surface area (Å²) in [4.78, 5) is 11.9. The van der Waals surface area contributed by atoms with E-state index in [2.05, 4.69) is 32.6 Å². The van der Waals surface area contributed by atoms with Crippen LogP contribution >= 0.6 is 34.9 Å². The smallest absolute Gasteiger partial charge is 0.236 e. The van der Waals surface area contributed by atoms with Crippen LogP contribution in [0.3, 0.4) is 0 Å². The molecule has 1 aliphatic carbocycles. The van der Waals surface area contributed by atoms with E-state index in [1.54, 1.807) is 18.1 Å². The third-order valence-electron chi connectivity index (χ3n) is 2.73. The lowest BCUT2D eigenvalue weighted by Gasteiger charge is -2.03. The SMILES string of the molecule is CCSc1nnc(NC(=O)CSc2nncn2C2CC2)s1. The van der Waals surface area contributed by atoms with Gasteiger partial charge < -0.3 is 4.57 Å². The van der Waals surface area contributed by atoms with Crippen LogP contribution in [0.1, 0.15) is 25.8 Å². The molecule has 1 fully saturated rings. The third kappa shape index (κ3) is 3.95. The molecule has 3 rings (SSSR count). The van der Waals surface area contributed by atoms with Crippen LogP contribution in [0.15, 0.2) is 15.8 Å². The maximum atomic E-state index is 11.9. The van der Waals surface area contributed by atoms with Crippen LogP contribution in [0.4, 0.5) is 5.13 Å². The van der Waals surface area contributed by atoms with E-state index in [0.717, 1.165) is 15.2 Å². The second-order valence-electron chi connectivity index (χ2n) is 4.39. The predicted octanol–water partition coefficient (Wildman–Crippen LogP) is 2.31. The number of thioether (sulfide) groups is 2. The number of hydrogen-bond donors (Lipinski definition) is 1. The van der Waals surface area contributed by atoms with Gasteiger partial charge in [-0.1, -0.05) is 41.8 Å². The van der Waals surface area contributed by atoms with Gasteiger partial charge in [-0.2, -0.15) is 0 Å². The number of carbonyl (C=O) groups is 1. The Kier molecular flexibility index (Phi) is 4.76. The van der Waals surface area contributed by atoms with Gasteiger partial charge in [-0.05, 0) is 18.6 Å². The molecule has 10 heteroatoms. The van der Waals surface area contributed by atoms with Gasteiger partial charge in [0.15, 0.2) is 9.50 Å². The van der Waals surface area contributed by atoms with Gasteiger partial charge in [-0.25, -0.2) is 0 Å². The topological polar surface area (TPSA) is 85.6 Å². The first kappa shape index (κ1) is 14.8. The Hall–Kier alpha value is -1.13. The highest BCUT2D eigenvalue weighted by molar-refractivity contribution is 8.01. The Balaban J connectivity index is 1.50. The van der Waals surface area contributed by atoms with Crippen LogP contribution in [0.2, 0.25) is 0 Å². The zero-order valence-corrected chi connectivity index (χ0v) is 13.8. The first-order valence-electron chi connectivity index (χ1n) is 6.54. The number of rotatable bonds is 7. The van der Waals surface area contributed by atoms with Crippen molar-refractivity contribution in [2.75, 3.05) is 16.8 Å². The lowest BCUT2D eigenvalue weighted by Crippen LogP contribution is -2.14. The highest BCUT2D eigenvalue weighted by Gasteiger charge is 2.26. The molecule has 0 aliphatic heterocycles. The van der Waals surface area contributed by atoms with Crippen molar-refractivity contribution in [3.05, 3.63) is 6.33 Å². The zero-order valence-electron chi connectivity index (χ0n) is 11.4. The Bertz CT molecular complexity index is 623. The van der Waals surface area contributed by atoms with Crippen LogP contribution in [0, 0.1) is 0 Å². The van der Waals surface area contributed by atoms with Crippen molar-refractivity contribution in [2.24, 2.45) is 0 Å². The molecule has 1 aliphatic rings. The molecule has 2 aromatic heterocycles. The van der Waals surface area contributed by atoms with Crippen molar-refractivity contribution in [1.29, 1.82) is 0 Å². The van der Waals surface area contributed by atoms with Crippen molar-refractivity contribution in [3.8, 4) is 0 Å². The van der Waals surface area contributed by atoms with E-state index in [4.69, 9.17) is 0 Å². The van der Waals surface area contributed by atoms with Crippen LogP contribution in [-0.2, 0) is 4.79 Å². The summed E-state index contributed by atoms with van der Waals surface area (Å²) in [5.41, 5.74) is 0. The van der Waals surface area contributed by atoms with E-state index < -0.39 is 0 Å². The van der Waals surface area contributed by atoms with E-state index in [1.165, 1.54) is 35.9 Å². The summed E-state index contributed by atoms with van der Waals surface area (Å²) in [5.74, 6) is 1.13. The van der Waals surface area contributed by atoms with Gasteiger partial charge in [0.25, 0.3) is 0 Å². The minimum absolute atomic E-state index is 0.102. The fourth-order valence-corrected chi connectivity index (χ4v) is 4.11. The molecule has 21 heavy (non-hydrogen) atoms. The summed E-state index contributed by atoms with van der Waals surface area (Å²) >= 11 is 4.40. The summed E-state index contributed by atoms with van der Waals surface area (Å²) in [6.07, 6.45) is 4.07. The molecule has 112 valence electrons. The zero-order chi connectivity index (χ0) is 14.7. The molecule has 0 unspecified atom stereocenters. The molecule has 0 spiro atoms. The predicted molar refractivity (Wildman–Crippen MR) is 84.0 cm³/mol. The van der Waals surface area contributed by atoms with Gasteiger partial charge in [0.05, 0.1) is 5.75 Å². The van der Waals surface area contributed by atoms with Crippen LogP contribution in [0.5, 0.6) is 0 Å². The summed E-state index contributed by atoms with van der Waals surface area (Å²) < 4.78 is 2.91. The average Bonchev–Trinajstić information content (AvgIpc) is 3.04. The molecular formula is C11H14N6OS3. The average molecular weight is 342 g/mol. The fraction of sp³-hybridized carbons (Fsp3) is 0.545. The lowest BCUT2D eigenvalue weighted by atomic mass is 10.7. The maximum absolute atomic E-state index is 11.9. The molecule has 1 amide bonds. The second kappa shape index (κ2) is 6.75. The minimum atomic E-state index is -0.102. The Morgan fingerprint density at radius 2 is 2.29 bits per heavy atom. The highest BCUT2D eigenvalue weighted by Crippen LogP contribution is 2.37. The van der Waals surface area contributed by atoms with E-state index >= 15 is 0 Å². The van der Waals surface area contributed by atoms with Crippen molar-refractivity contribution in [2.45, 2.75) is 35.3 Å². The minimum Gasteiger partial charge on any atom is -0.306 e. The second-order valence-corrected chi connectivity index (χ2v) is 7.83. The van der Waals surface area contributed by atoms with E-state index in [-0.39, 0.29) is 5.91 Å². The molecule has 0 bridgehead atoms. The quantitative estimate of drug-likeness (QED) is 0.610. The number of amides is 1. The first-order chi connectivity index (χ1) is 10.3. The molecule has 1 saturated carbocycles. The number of hydrogen-bond acceptors (Lipinski definition) is 8. The van der Waals surface area contributed by atoms with Crippen molar-refractivity contribution in [1.82, 2.24) is 25.0 Å². The fourth-order valence-electron chi connectivity index (χ4n) is 1.67. The Morgan fingerprint density at radius 3 is 3.05 bits per heavy atom. The standard InChI is InChI=1S/C11H14N6OS3/c1-2-19-11-16-14-9(21-11)13-8(18)5-20-10-15-12-6-17(10)7-3-4-7/h6-7H,2-5H2,1H3,(H,13,14,18). The largest absolute Gasteiger partial charge is 0.306 e. The van der Waals surface area contributed by atoms with Crippen molar-refractivity contribution < 1.29 is 4.79 Å². The summed E-state index contributed by atoms with van der Waals surface area (Å²) in [5, 5.41) is 20.0. The first-order valence-corrected chi connectivity index (χ1v) is 9.33. The van der Waals surface area contributed by atoms with Gasteiger partial charge in [0, 0.05) is 6.04 Å². The summed E-state index contributed by atoms with van der Waals surface area (Å²) in [6, 6.07) is 0.516. The van der Waals surface area contributed by atoms with Crippen molar-refractivity contribution in [3.63, 3.8) is 0 Å². The van der Waals surface area contributed by atoms with Gasteiger partial charge in [0.1, 0.15) is 6.33 Å². The number of aromatic nitrogens is 5. The van der Waals surface area contributed by atoms with Gasteiger partial charge >= 0.3 is 0 Å². The summed E-state index contributed by atoms with van der Waals surface area (Å²) in [6.45, 7) is 2.05. The highest BCUT2D eigenvalue weighted by atomic mass is 32.2. The molecule has 7 nitrogen and oxygen atoms in total. The lowest BCUT2D eigenvalue weighted by molar-refractivity contribution is -0.113. The van der Waals surface area contributed by atoms with E-state index in [0.29, 0.717) is 16.9 Å². The van der Waals surface area contributed by atoms with Gasteiger partial charge in [-0.15, -0.1) is 20.4 Å². The summed E-state index contributed by atoms with van der Waals surface area (Å²) in [7, 11) is 0. The van der Waals surface area contributed by atoms with Crippen molar-refractivity contribution >= 4 is 45.9 Å². The molecule has 0 atom stereocenters. The number of nitrogens with one attached hydrogen (secondary N) is 1. The third-order valence-corrected chi connectivity index (χ3v) is 5.54. The molecule has 2 aromatic rings. The number of nitrogens with zero attached hydrogens (tertiary/aromatic N) is 5.